The predicted molar refractivity (Wildman–Crippen MR) is 14.6 cm³/mol. The number of aliphatic carboxylic acids is 2. The molecule has 0 bridgehead atoms. The molecule has 9 heavy (non-hydrogen) atoms. The van der Waals surface area contributed by atoms with Gasteiger partial charge in [-0.3, -0.25) is 0 Å². The molecule has 0 unspecified atom stereocenters. The van der Waals surface area contributed by atoms with Gasteiger partial charge in [0, 0.05) is 18.4 Å². The second-order valence-electron chi connectivity index (χ2n) is 0.921. The molecule has 0 N–H and O–H groups in total. The molecule has 0 atom stereocenters. The number of rotatable bonds is 2. The van der Waals surface area contributed by atoms with Crippen molar-refractivity contribution < 1.29 is 90.0 Å². The summed E-state index contributed by atoms with van der Waals surface area (Å²) in [7, 11) is 0. The van der Waals surface area contributed by atoms with Crippen LogP contribution in [0.15, 0.2) is 0 Å². The Bertz CT molecular complexity index is 92.0. The monoisotopic (exact) mass is 148 g/mol. The van der Waals surface area contributed by atoms with Gasteiger partial charge in [0.2, 0.25) is 0 Å². The largest absolute Gasteiger partial charge is 1.00 e. The Balaban J connectivity index is -0.000000180. The minimum Gasteiger partial charge on any atom is -0.550 e. The smallest absolute Gasteiger partial charge is 0.550 e. The van der Waals surface area contributed by atoms with E-state index in [0.717, 1.165) is 0 Å². The van der Waals surface area contributed by atoms with Crippen LogP contribution >= 0.6 is 0 Å². The predicted octanol–water partition coefficient (Wildman–Crippen LogP) is -9.12. The molecule has 0 aromatic heterocycles. The van der Waals surface area contributed by atoms with Gasteiger partial charge < -0.3 is 19.8 Å². The Kier molecular flexibility index (Phi) is 17.0. The molecule has 0 heterocycles. The zero-order chi connectivity index (χ0) is 5.86. The first-order chi connectivity index (χ1) is 3.13. The van der Waals surface area contributed by atoms with Crippen molar-refractivity contribution in [1.29, 1.82) is 0 Å². The van der Waals surface area contributed by atoms with E-state index in [0.29, 0.717) is 0 Å². The molecule has 0 radical (unpaired) electrons. The van der Waals surface area contributed by atoms with Gasteiger partial charge in [-0.15, -0.1) is 0 Å². The van der Waals surface area contributed by atoms with Crippen LogP contribution in [-0.4, -0.2) is 11.9 Å². The molecule has 0 saturated heterocycles. The normalized spacial score (nSPS) is 6.22. The second-order valence-corrected chi connectivity index (χ2v) is 0.921. The van der Waals surface area contributed by atoms with Crippen LogP contribution in [0.25, 0.3) is 0 Å². The van der Waals surface area contributed by atoms with Crippen molar-refractivity contribution in [3.05, 3.63) is 0 Å². The Morgan fingerprint density at radius 2 is 1.33 bits per heavy atom. The first-order valence-electron chi connectivity index (χ1n) is 1.52. The summed E-state index contributed by atoms with van der Waals surface area (Å²) in [6, 6.07) is 0. The van der Waals surface area contributed by atoms with E-state index >= 15 is 0 Å². The second kappa shape index (κ2) is 9.17. The fraction of sp³-hybridized carbons (Fsp3) is 0.333. The first-order valence-corrected chi connectivity index (χ1v) is 1.52. The van der Waals surface area contributed by atoms with Gasteiger partial charge in [0.05, 0.1) is 0 Å². The van der Waals surface area contributed by atoms with E-state index < -0.39 is 18.4 Å². The zero-order valence-corrected chi connectivity index (χ0v) is 8.46. The molecule has 0 amide bonds. The van der Waals surface area contributed by atoms with Gasteiger partial charge >= 0.3 is 70.2 Å². The molecule has 0 saturated carbocycles. The molecular formula is C3H2KLiO4. The molecule has 6 heteroatoms. The van der Waals surface area contributed by atoms with Crippen LogP contribution in [0, 0.1) is 0 Å². The van der Waals surface area contributed by atoms with Gasteiger partial charge in [-0.2, -0.15) is 0 Å². The summed E-state index contributed by atoms with van der Waals surface area (Å²) in [5.41, 5.74) is 0. The zero-order valence-electron chi connectivity index (χ0n) is 5.34. The van der Waals surface area contributed by atoms with E-state index in [1.807, 2.05) is 0 Å². The van der Waals surface area contributed by atoms with Crippen LogP contribution in [0.3, 0.4) is 0 Å². The fourth-order valence-corrected chi connectivity index (χ4v) is 0.118. The molecule has 40 valence electrons. The fourth-order valence-electron chi connectivity index (χ4n) is 0.118. The van der Waals surface area contributed by atoms with E-state index in [2.05, 4.69) is 0 Å². The number of carbonyl (C=O) groups is 2. The van der Waals surface area contributed by atoms with E-state index in [1.165, 1.54) is 0 Å². The van der Waals surface area contributed by atoms with Crippen LogP contribution < -0.4 is 80.5 Å². The summed E-state index contributed by atoms with van der Waals surface area (Å²) in [5.74, 6) is -3.25. The molecule has 0 aromatic carbocycles. The summed E-state index contributed by atoms with van der Waals surface area (Å²) in [6.07, 6.45) is -1.03. The molecule has 0 aliphatic rings. The van der Waals surface area contributed by atoms with Crippen molar-refractivity contribution in [2.24, 2.45) is 0 Å². The Morgan fingerprint density at radius 1 is 1.11 bits per heavy atom. The van der Waals surface area contributed by atoms with E-state index in [1.54, 1.807) is 0 Å². The van der Waals surface area contributed by atoms with E-state index in [4.69, 9.17) is 0 Å². The van der Waals surface area contributed by atoms with Crippen molar-refractivity contribution >= 4 is 11.9 Å². The van der Waals surface area contributed by atoms with Gasteiger partial charge in [0.15, 0.2) is 0 Å². The van der Waals surface area contributed by atoms with Crippen LogP contribution in [0.1, 0.15) is 6.42 Å². The summed E-state index contributed by atoms with van der Waals surface area (Å²) in [6.45, 7) is 0. The third-order valence-electron chi connectivity index (χ3n) is 0.289. The molecule has 0 aliphatic carbocycles. The SMILES string of the molecule is O=C([O-])CC(=O)[O-].[K+].[Li+]. The van der Waals surface area contributed by atoms with Gasteiger partial charge in [-0.1, -0.05) is 0 Å². The Labute approximate surface area is 107 Å². The van der Waals surface area contributed by atoms with E-state index in [9.17, 15) is 19.8 Å². The molecule has 0 aliphatic heterocycles. The van der Waals surface area contributed by atoms with Crippen molar-refractivity contribution in [3.63, 3.8) is 0 Å². The molecule has 0 fully saturated rings. The topological polar surface area (TPSA) is 80.3 Å². The van der Waals surface area contributed by atoms with Crippen LogP contribution in [0.4, 0.5) is 0 Å². The maximum Gasteiger partial charge on any atom is 1.00 e. The quantitative estimate of drug-likeness (QED) is 0.287. The van der Waals surface area contributed by atoms with Gasteiger partial charge in [-0.05, 0) is 0 Å². The average Bonchev–Trinajstić information content (AvgIpc) is 1.27. The van der Waals surface area contributed by atoms with Crippen molar-refractivity contribution in [1.82, 2.24) is 0 Å². The molecule has 0 aromatic rings. The number of hydrogen-bond acceptors (Lipinski definition) is 4. The number of carbonyl (C=O) groups excluding carboxylic acids is 2. The third kappa shape index (κ3) is 17.6. The van der Waals surface area contributed by atoms with Crippen LogP contribution in [0.2, 0.25) is 0 Å². The van der Waals surface area contributed by atoms with E-state index in [-0.39, 0.29) is 70.2 Å². The third-order valence-corrected chi connectivity index (χ3v) is 0.289. The summed E-state index contributed by atoms with van der Waals surface area (Å²) in [5, 5.41) is 18.6. The minimum atomic E-state index is -1.63. The molecular weight excluding hydrogens is 146 g/mol. The molecule has 4 nitrogen and oxygen atoms in total. The average molecular weight is 148 g/mol. The van der Waals surface area contributed by atoms with Crippen molar-refractivity contribution in [3.8, 4) is 0 Å². The van der Waals surface area contributed by atoms with Gasteiger partial charge in [0.1, 0.15) is 0 Å². The minimum absolute atomic E-state index is 0. The van der Waals surface area contributed by atoms with Crippen LogP contribution in [0.5, 0.6) is 0 Å². The van der Waals surface area contributed by atoms with Crippen molar-refractivity contribution in [2.75, 3.05) is 0 Å². The number of carboxylic acids is 2. The number of carboxylic acid groups (broad SMARTS) is 2. The van der Waals surface area contributed by atoms with Gasteiger partial charge in [-0.25, -0.2) is 0 Å². The summed E-state index contributed by atoms with van der Waals surface area (Å²) in [4.78, 5) is 18.6. The maximum atomic E-state index is 9.28. The summed E-state index contributed by atoms with van der Waals surface area (Å²) >= 11 is 0. The van der Waals surface area contributed by atoms with Crippen LogP contribution in [-0.2, 0) is 9.59 Å². The Morgan fingerprint density at radius 3 is 1.33 bits per heavy atom. The standard InChI is InChI=1S/C3H4O4.K.Li/c4-2(5)1-3(6)7;;/h1H2,(H,4,5)(H,6,7);;/q;2*+1/p-2. The first kappa shape index (κ1) is 16.6. The van der Waals surface area contributed by atoms with Crippen molar-refractivity contribution in [2.45, 2.75) is 6.42 Å². The summed E-state index contributed by atoms with van der Waals surface area (Å²) < 4.78 is 0. The number of hydrogen-bond donors (Lipinski definition) is 0. The Hall–Kier alpha value is 1.17. The maximum absolute atomic E-state index is 9.28. The molecule has 0 spiro atoms. The molecule has 0 rings (SSSR count). The van der Waals surface area contributed by atoms with Gasteiger partial charge in [0.25, 0.3) is 0 Å².